The third kappa shape index (κ3) is 1.92. The molecule has 0 spiro atoms. The molecule has 1 fully saturated rings. The first-order chi connectivity index (χ1) is 6.25. The Hall–Kier alpha value is -0.820. The Labute approximate surface area is 80.2 Å². The van der Waals surface area contributed by atoms with Crippen molar-refractivity contribution in [3.05, 3.63) is 35.4 Å². The average molecular weight is 175 g/mol. The predicted octanol–water partition coefficient (Wildman–Crippen LogP) is 2.46. The Kier molecular flexibility index (Phi) is 2.36. The van der Waals surface area contributed by atoms with Gasteiger partial charge < -0.3 is 5.32 Å². The van der Waals surface area contributed by atoms with Crippen molar-refractivity contribution in [2.45, 2.75) is 32.2 Å². The summed E-state index contributed by atoms with van der Waals surface area (Å²) in [6.45, 7) is 5.54. The van der Waals surface area contributed by atoms with Gasteiger partial charge in [-0.25, -0.2) is 0 Å². The lowest BCUT2D eigenvalue weighted by Crippen LogP contribution is -2.16. The van der Waals surface area contributed by atoms with Crippen molar-refractivity contribution in [2.24, 2.45) is 0 Å². The monoisotopic (exact) mass is 175 g/mol. The van der Waals surface area contributed by atoms with Crippen molar-refractivity contribution < 1.29 is 0 Å². The van der Waals surface area contributed by atoms with Gasteiger partial charge in [0, 0.05) is 12.6 Å². The van der Waals surface area contributed by atoms with Crippen LogP contribution < -0.4 is 5.32 Å². The van der Waals surface area contributed by atoms with Crippen molar-refractivity contribution in [3.63, 3.8) is 0 Å². The Bertz CT molecular complexity index is 276. The van der Waals surface area contributed by atoms with Gasteiger partial charge in [0.2, 0.25) is 0 Å². The van der Waals surface area contributed by atoms with Crippen LogP contribution in [0.3, 0.4) is 0 Å². The standard InChI is InChI=1S/C12H17N/c1-9-3-5-11(6-4-9)12-7-10(2)13-8-12/h3-6,10,12-13H,7-8H2,1-2H3/t10-,12+/m0/s1. The Morgan fingerprint density at radius 3 is 2.46 bits per heavy atom. The van der Waals surface area contributed by atoms with Gasteiger partial charge >= 0.3 is 0 Å². The lowest BCUT2D eigenvalue weighted by Gasteiger charge is -2.08. The molecule has 1 heteroatoms. The van der Waals surface area contributed by atoms with E-state index in [2.05, 4.69) is 43.4 Å². The molecule has 1 N–H and O–H groups in total. The number of nitrogens with one attached hydrogen (secondary N) is 1. The van der Waals surface area contributed by atoms with Crippen LogP contribution in [-0.4, -0.2) is 12.6 Å². The fourth-order valence-corrected chi connectivity index (χ4v) is 2.03. The Balaban J connectivity index is 2.13. The second kappa shape index (κ2) is 3.51. The van der Waals surface area contributed by atoms with Gasteiger partial charge in [-0.2, -0.15) is 0 Å². The molecule has 0 amide bonds. The van der Waals surface area contributed by atoms with E-state index in [0.717, 1.165) is 12.5 Å². The van der Waals surface area contributed by atoms with Gasteiger partial charge in [-0.15, -0.1) is 0 Å². The van der Waals surface area contributed by atoms with Crippen LogP contribution in [0.25, 0.3) is 0 Å². The minimum atomic E-state index is 0.686. The van der Waals surface area contributed by atoms with Crippen LogP contribution in [0.2, 0.25) is 0 Å². The van der Waals surface area contributed by atoms with E-state index in [1.807, 2.05) is 0 Å². The van der Waals surface area contributed by atoms with Gasteiger partial charge in [0.05, 0.1) is 0 Å². The van der Waals surface area contributed by atoms with Crippen LogP contribution in [0.5, 0.6) is 0 Å². The van der Waals surface area contributed by atoms with E-state index in [1.165, 1.54) is 17.5 Å². The summed E-state index contributed by atoms with van der Waals surface area (Å²) in [5.74, 6) is 0.732. The molecule has 0 aromatic heterocycles. The minimum Gasteiger partial charge on any atom is -0.314 e. The Morgan fingerprint density at radius 1 is 1.23 bits per heavy atom. The number of hydrogen-bond acceptors (Lipinski definition) is 1. The zero-order valence-corrected chi connectivity index (χ0v) is 8.38. The van der Waals surface area contributed by atoms with Crippen LogP contribution in [0.4, 0.5) is 0 Å². The number of benzene rings is 1. The normalized spacial score (nSPS) is 27.8. The molecule has 2 rings (SSSR count). The van der Waals surface area contributed by atoms with Crippen LogP contribution in [0.1, 0.15) is 30.4 Å². The molecule has 0 radical (unpaired) electrons. The molecular weight excluding hydrogens is 158 g/mol. The van der Waals surface area contributed by atoms with E-state index in [-0.39, 0.29) is 0 Å². The molecule has 0 saturated carbocycles. The van der Waals surface area contributed by atoms with E-state index >= 15 is 0 Å². The highest BCUT2D eigenvalue weighted by Gasteiger charge is 2.21. The van der Waals surface area contributed by atoms with Crippen molar-refractivity contribution in [2.75, 3.05) is 6.54 Å². The zero-order chi connectivity index (χ0) is 9.26. The summed E-state index contributed by atoms with van der Waals surface area (Å²) < 4.78 is 0. The topological polar surface area (TPSA) is 12.0 Å². The smallest absolute Gasteiger partial charge is 0.00452 e. The fourth-order valence-electron chi connectivity index (χ4n) is 2.03. The third-order valence-electron chi connectivity index (χ3n) is 2.90. The maximum Gasteiger partial charge on any atom is 0.00452 e. The van der Waals surface area contributed by atoms with Gasteiger partial charge in [0.25, 0.3) is 0 Å². The summed E-state index contributed by atoms with van der Waals surface area (Å²) >= 11 is 0. The third-order valence-corrected chi connectivity index (χ3v) is 2.90. The summed E-state index contributed by atoms with van der Waals surface area (Å²) in [6, 6.07) is 9.63. The second-order valence-corrected chi connectivity index (χ2v) is 4.15. The molecule has 0 aliphatic carbocycles. The highest BCUT2D eigenvalue weighted by atomic mass is 14.9. The largest absolute Gasteiger partial charge is 0.314 e. The van der Waals surface area contributed by atoms with Crippen molar-refractivity contribution in [1.29, 1.82) is 0 Å². The maximum absolute atomic E-state index is 3.48. The summed E-state index contributed by atoms with van der Waals surface area (Å²) in [7, 11) is 0. The van der Waals surface area contributed by atoms with Crippen LogP contribution in [0.15, 0.2) is 24.3 Å². The summed E-state index contributed by atoms with van der Waals surface area (Å²) in [6.07, 6.45) is 1.28. The van der Waals surface area contributed by atoms with Crippen LogP contribution in [-0.2, 0) is 0 Å². The van der Waals surface area contributed by atoms with Gasteiger partial charge in [0.1, 0.15) is 0 Å². The molecule has 13 heavy (non-hydrogen) atoms. The molecule has 1 heterocycles. The second-order valence-electron chi connectivity index (χ2n) is 4.15. The zero-order valence-electron chi connectivity index (χ0n) is 8.38. The molecule has 70 valence electrons. The van der Waals surface area contributed by atoms with E-state index in [0.29, 0.717) is 6.04 Å². The van der Waals surface area contributed by atoms with Gasteiger partial charge in [-0.1, -0.05) is 29.8 Å². The SMILES string of the molecule is Cc1ccc([C@H]2CN[C@@H](C)C2)cc1. The number of aryl methyl sites for hydroxylation is 1. The molecule has 1 aliphatic rings. The van der Waals surface area contributed by atoms with E-state index < -0.39 is 0 Å². The first-order valence-corrected chi connectivity index (χ1v) is 5.05. The fraction of sp³-hybridized carbons (Fsp3) is 0.500. The quantitative estimate of drug-likeness (QED) is 0.691. The Morgan fingerprint density at radius 2 is 1.92 bits per heavy atom. The molecule has 1 saturated heterocycles. The van der Waals surface area contributed by atoms with E-state index in [4.69, 9.17) is 0 Å². The average Bonchev–Trinajstić information content (AvgIpc) is 2.53. The predicted molar refractivity (Wildman–Crippen MR) is 56.0 cm³/mol. The molecule has 0 unspecified atom stereocenters. The van der Waals surface area contributed by atoms with Crippen molar-refractivity contribution in [1.82, 2.24) is 5.32 Å². The van der Waals surface area contributed by atoms with E-state index in [9.17, 15) is 0 Å². The summed E-state index contributed by atoms with van der Waals surface area (Å²) in [5.41, 5.74) is 2.84. The minimum absolute atomic E-state index is 0.686. The van der Waals surface area contributed by atoms with E-state index in [1.54, 1.807) is 0 Å². The van der Waals surface area contributed by atoms with Gasteiger partial charge in [0.15, 0.2) is 0 Å². The van der Waals surface area contributed by atoms with Gasteiger partial charge in [-0.05, 0) is 31.7 Å². The molecule has 1 aromatic carbocycles. The number of hydrogen-bond donors (Lipinski definition) is 1. The summed E-state index contributed by atoms with van der Waals surface area (Å²) in [5, 5.41) is 3.48. The summed E-state index contributed by atoms with van der Waals surface area (Å²) in [4.78, 5) is 0. The molecule has 2 atom stereocenters. The highest BCUT2D eigenvalue weighted by molar-refractivity contribution is 5.25. The lowest BCUT2D eigenvalue weighted by molar-refractivity contribution is 0.658. The molecule has 1 nitrogen and oxygen atoms in total. The van der Waals surface area contributed by atoms with Crippen molar-refractivity contribution >= 4 is 0 Å². The van der Waals surface area contributed by atoms with Crippen LogP contribution >= 0.6 is 0 Å². The highest BCUT2D eigenvalue weighted by Crippen LogP contribution is 2.25. The van der Waals surface area contributed by atoms with Crippen molar-refractivity contribution in [3.8, 4) is 0 Å². The first kappa shape index (κ1) is 8.76. The first-order valence-electron chi connectivity index (χ1n) is 5.05. The maximum atomic E-state index is 3.48. The van der Waals surface area contributed by atoms with Crippen LogP contribution in [0, 0.1) is 6.92 Å². The van der Waals surface area contributed by atoms with Gasteiger partial charge in [-0.3, -0.25) is 0 Å². The molecule has 1 aliphatic heterocycles. The lowest BCUT2D eigenvalue weighted by atomic mass is 9.96. The molecular formula is C12H17N. The molecule has 1 aromatic rings. The number of rotatable bonds is 1. The molecule has 0 bridgehead atoms.